The first kappa shape index (κ1) is 10.7. The second-order valence-electron chi connectivity index (χ2n) is 2.59. The number of guanidine groups is 1. The van der Waals surface area contributed by atoms with Crippen LogP contribution in [0.2, 0.25) is 0 Å². The van der Waals surface area contributed by atoms with Gasteiger partial charge < -0.3 is 16.6 Å². The maximum atomic E-state index is 10.6. The molecule has 0 aromatic rings. The number of carbonyl (C=O) groups is 1. The van der Waals surface area contributed by atoms with Crippen LogP contribution in [0.3, 0.4) is 0 Å². The largest absolute Gasteiger partial charge is 0.481 e. The Labute approximate surface area is 71.5 Å². The molecule has 0 amide bonds. The average Bonchev–Trinajstić information content (AvgIpc) is 1.96. The molecule has 1 unspecified atom stereocenters. The highest BCUT2D eigenvalue weighted by Gasteiger charge is 2.15. The first-order valence-electron chi connectivity index (χ1n) is 3.86. The van der Waals surface area contributed by atoms with E-state index in [-0.39, 0.29) is 12.5 Å². The lowest BCUT2D eigenvalue weighted by molar-refractivity contribution is -0.141. The third kappa shape index (κ3) is 4.54. The van der Waals surface area contributed by atoms with Crippen molar-refractivity contribution >= 4 is 11.9 Å². The van der Waals surface area contributed by atoms with Crippen LogP contribution in [0.1, 0.15) is 19.8 Å². The maximum Gasteiger partial charge on any atom is 0.308 e. The lowest BCUT2D eigenvalue weighted by Crippen LogP contribution is -2.25. The fourth-order valence-electron chi connectivity index (χ4n) is 0.857. The molecule has 0 aromatic carbocycles. The van der Waals surface area contributed by atoms with E-state index in [9.17, 15) is 4.79 Å². The topological polar surface area (TPSA) is 102 Å². The molecule has 0 rings (SSSR count). The van der Waals surface area contributed by atoms with Gasteiger partial charge in [-0.25, -0.2) is 0 Å². The molecule has 0 saturated carbocycles. The molecule has 0 heterocycles. The van der Waals surface area contributed by atoms with Gasteiger partial charge in [-0.05, 0) is 6.42 Å². The van der Waals surface area contributed by atoms with E-state index < -0.39 is 11.9 Å². The van der Waals surface area contributed by atoms with Crippen LogP contribution in [0.4, 0.5) is 0 Å². The zero-order chi connectivity index (χ0) is 9.56. The molecule has 0 aromatic heterocycles. The predicted molar refractivity (Wildman–Crippen MR) is 46.7 cm³/mol. The van der Waals surface area contributed by atoms with Gasteiger partial charge in [0.25, 0.3) is 0 Å². The van der Waals surface area contributed by atoms with Crippen molar-refractivity contribution in [2.75, 3.05) is 6.54 Å². The van der Waals surface area contributed by atoms with Crippen LogP contribution in [-0.4, -0.2) is 23.6 Å². The second kappa shape index (κ2) is 5.40. The minimum absolute atomic E-state index is 0.0580. The molecule has 0 bridgehead atoms. The Bertz CT molecular complexity index is 175. The quantitative estimate of drug-likeness (QED) is 0.394. The van der Waals surface area contributed by atoms with Gasteiger partial charge in [0, 0.05) is 0 Å². The first-order chi connectivity index (χ1) is 5.57. The fourth-order valence-corrected chi connectivity index (χ4v) is 0.857. The molecule has 0 fully saturated rings. The molecule has 5 N–H and O–H groups in total. The molecule has 0 radical (unpaired) electrons. The third-order valence-corrected chi connectivity index (χ3v) is 1.48. The maximum absolute atomic E-state index is 10.6. The van der Waals surface area contributed by atoms with Gasteiger partial charge in [-0.2, -0.15) is 0 Å². The summed E-state index contributed by atoms with van der Waals surface area (Å²) in [6.45, 7) is 2.09. The van der Waals surface area contributed by atoms with Gasteiger partial charge in [0.2, 0.25) is 0 Å². The third-order valence-electron chi connectivity index (χ3n) is 1.48. The number of carboxylic acid groups (broad SMARTS) is 1. The Morgan fingerprint density at radius 2 is 2.17 bits per heavy atom. The van der Waals surface area contributed by atoms with E-state index in [0.29, 0.717) is 6.42 Å². The van der Waals surface area contributed by atoms with Crippen molar-refractivity contribution < 1.29 is 9.90 Å². The smallest absolute Gasteiger partial charge is 0.308 e. The number of rotatable bonds is 5. The van der Waals surface area contributed by atoms with E-state index in [1.165, 1.54) is 0 Å². The van der Waals surface area contributed by atoms with E-state index >= 15 is 0 Å². The van der Waals surface area contributed by atoms with Gasteiger partial charge in [-0.3, -0.25) is 9.79 Å². The molecule has 0 saturated heterocycles. The highest BCUT2D eigenvalue weighted by molar-refractivity contribution is 5.76. The summed E-state index contributed by atoms with van der Waals surface area (Å²) in [6, 6.07) is 0. The summed E-state index contributed by atoms with van der Waals surface area (Å²) in [7, 11) is 0. The summed E-state index contributed by atoms with van der Waals surface area (Å²) in [5, 5.41) is 8.67. The number of carboxylic acids is 1. The summed E-state index contributed by atoms with van der Waals surface area (Å²) in [5.41, 5.74) is 10.1. The highest BCUT2D eigenvalue weighted by Crippen LogP contribution is 2.06. The molecule has 1 atom stereocenters. The van der Waals surface area contributed by atoms with Crippen LogP contribution < -0.4 is 11.5 Å². The van der Waals surface area contributed by atoms with Crippen LogP contribution >= 0.6 is 0 Å². The average molecular weight is 173 g/mol. The van der Waals surface area contributed by atoms with Crippen molar-refractivity contribution in [1.29, 1.82) is 0 Å². The molecule has 12 heavy (non-hydrogen) atoms. The van der Waals surface area contributed by atoms with Crippen LogP contribution in [0, 0.1) is 5.92 Å². The Balaban J connectivity index is 3.96. The predicted octanol–water partition coefficient (Wildman–Crippen LogP) is -0.239. The molecular weight excluding hydrogens is 158 g/mol. The van der Waals surface area contributed by atoms with Gasteiger partial charge in [0.05, 0.1) is 12.5 Å². The first-order valence-corrected chi connectivity index (χ1v) is 3.86. The molecule has 0 spiro atoms. The second-order valence-corrected chi connectivity index (χ2v) is 2.59. The van der Waals surface area contributed by atoms with Crippen molar-refractivity contribution in [3.63, 3.8) is 0 Å². The number of aliphatic imine (C=N–C) groups is 1. The zero-order valence-electron chi connectivity index (χ0n) is 7.16. The van der Waals surface area contributed by atoms with E-state index in [0.717, 1.165) is 6.42 Å². The van der Waals surface area contributed by atoms with E-state index in [4.69, 9.17) is 16.6 Å². The number of hydrogen-bond acceptors (Lipinski definition) is 2. The minimum atomic E-state index is -0.846. The van der Waals surface area contributed by atoms with Crippen molar-refractivity contribution in [1.82, 2.24) is 0 Å². The zero-order valence-corrected chi connectivity index (χ0v) is 7.16. The summed E-state index contributed by atoms with van der Waals surface area (Å²) in [4.78, 5) is 14.2. The van der Waals surface area contributed by atoms with Crippen molar-refractivity contribution in [2.24, 2.45) is 22.4 Å². The van der Waals surface area contributed by atoms with E-state index in [1.807, 2.05) is 6.92 Å². The Hall–Kier alpha value is -1.26. The minimum Gasteiger partial charge on any atom is -0.481 e. The molecule has 70 valence electrons. The lowest BCUT2D eigenvalue weighted by atomic mass is 10.0. The Kier molecular flexibility index (Phi) is 4.83. The standard InChI is InChI=1S/C7H15N3O2/c1-2-3-5(6(11)12)4-10-7(8)9/h5H,2-4H2,1H3,(H,11,12)(H4,8,9,10). The van der Waals surface area contributed by atoms with E-state index in [2.05, 4.69) is 4.99 Å². The monoisotopic (exact) mass is 173 g/mol. The SMILES string of the molecule is CCCC(CN=C(N)N)C(=O)O. The molecule has 0 aliphatic carbocycles. The van der Waals surface area contributed by atoms with Gasteiger partial charge in [-0.15, -0.1) is 0 Å². The van der Waals surface area contributed by atoms with Crippen LogP contribution in [0.5, 0.6) is 0 Å². The van der Waals surface area contributed by atoms with E-state index in [1.54, 1.807) is 0 Å². The summed E-state index contributed by atoms with van der Waals surface area (Å²) < 4.78 is 0. The normalized spacial score (nSPS) is 12.1. The molecule has 0 aliphatic rings. The van der Waals surface area contributed by atoms with Crippen LogP contribution in [-0.2, 0) is 4.79 Å². The summed E-state index contributed by atoms with van der Waals surface area (Å²) in [5.74, 6) is -1.36. The van der Waals surface area contributed by atoms with Gasteiger partial charge in [0.1, 0.15) is 0 Å². The van der Waals surface area contributed by atoms with Crippen molar-refractivity contribution in [3.05, 3.63) is 0 Å². The summed E-state index contributed by atoms with van der Waals surface area (Å²) >= 11 is 0. The fraction of sp³-hybridized carbons (Fsp3) is 0.714. The molecule has 0 aliphatic heterocycles. The molecule has 5 nitrogen and oxygen atoms in total. The number of nitrogens with zero attached hydrogens (tertiary/aromatic N) is 1. The number of hydrogen-bond donors (Lipinski definition) is 3. The molecular formula is C7H15N3O2. The molecule has 5 heteroatoms. The number of nitrogens with two attached hydrogens (primary N) is 2. The highest BCUT2D eigenvalue weighted by atomic mass is 16.4. The van der Waals surface area contributed by atoms with Crippen molar-refractivity contribution in [3.8, 4) is 0 Å². The van der Waals surface area contributed by atoms with Gasteiger partial charge >= 0.3 is 5.97 Å². The van der Waals surface area contributed by atoms with Crippen LogP contribution in [0.15, 0.2) is 4.99 Å². The van der Waals surface area contributed by atoms with Gasteiger partial charge in [-0.1, -0.05) is 13.3 Å². The van der Waals surface area contributed by atoms with Crippen molar-refractivity contribution in [2.45, 2.75) is 19.8 Å². The lowest BCUT2D eigenvalue weighted by Gasteiger charge is -2.06. The number of aliphatic carboxylic acids is 1. The summed E-state index contributed by atoms with van der Waals surface area (Å²) in [6.07, 6.45) is 1.42. The van der Waals surface area contributed by atoms with Gasteiger partial charge in [0.15, 0.2) is 5.96 Å². The van der Waals surface area contributed by atoms with Crippen LogP contribution in [0.25, 0.3) is 0 Å². The Morgan fingerprint density at radius 3 is 2.50 bits per heavy atom. The Morgan fingerprint density at radius 1 is 1.58 bits per heavy atom.